The maximum absolute atomic E-state index is 13.1. The van der Waals surface area contributed by atoms with E-state index in [9.17, 15) is 9.18 Å². The van der Waals surface area contributed by atoms with Gasteiger partial charge in [-0.3, -0.25) is 5.32 Å². The summed E-state index contributed by atoms with van der Waals surface area (Å²) in [4.78, 5) is 19.1. The summed E-state index contributed by atoms with van der Waals surface area (Å²) in [5.41, 5.74) is 1.68. The van der Waals surface area contributed by atoms with Gasteiger partial charge in [-0.1, -0.05) is 0 Å². The van der Waals surface area contributed by atoms with Crippen molar-refractivity contribution in [3.05, 3.63) is 47.8 Å². The fourth-order valence-electron chi connectivity index (χ4n) is 2.16. The molecule has 0 bridgehead atoms. The number of aromatic nitrogens is 2. The summed E-state index contributed by atoms with van der Waals surface area (Å²) in [5.74, 6) is -1.47. The van der Waals surface area contributed by atoms with Gasteiger partial charge >= 0.3 is 18.0 Å². The molecule has 2 N–H and O–H groups in total. The summed E-state index contributed by atoms with van der Waals surface area (Å²) in [6.07, 6.45) is 0. The Labute approximate surface area is 127 Å². The Bertz CT molecular complexity index is 1050. The molecule has 0 amide bonds. The van der Waals surface area contributed by atoms with Gasteiger partial charge in [-0.25, -0.2) is 9.18 Å². The number of carbonyl (C=O) groups is 1. The first kappa shape index (κ1) is 13.3. The van der Waals surface area contributed by atoms with Gasteiger partial charge in [0.25, 0.3) is 0 Å². The maximum Gasteiger partial charge on any atom is 0.335 e. The maximum atomic E-state index is 13.1. The molecule has 4 rings (SSSR count). The van der Waals surface area contributed by atoms with Crippen molar-refractivity contribution in [1.29, 1.82) is 0 Å². The first-order valence-electron chi connectivity index (χ1n) is 6.55. The van der Waals surface area contributed by atoms with Crippen molar-refractivity contribution < 1.29 is 23.1 Å². The van der Waals surface area contributed by atoms with Crippen LogP contribution in [0.4, 0.5) is 16.4 Å². The molecule has 23 heavy (non-hydrogen) atoms. The molecule has 0 saturated carbocycles. The highest BCUT2D eigenvalue weighted by Crippen LogP contribution is 2.25. The fraction of sp³-hybridized carbons (Fsp3) is 0. The summed E-state index contributed by atoms with van der Waals surface area (Å²) in [6, 6.07) is 8.49. The van der Waals surface area contributed by atoms with E-state index in [0.29, 0.717) is 22.2 Å². The summed E-state index contributed by atoms with van der Waals surface area (Å²) in [7, 11) is 0. The topological polar surface area (TPSA) is 101 Å². The van der Waals surface area contributed by atoms with Crippen LogP contribution in [0.15, 0.2) is 45.2 Å². The molecule has 2 aromatic carbocycles. The molecule has 2 aromatic heterocycles. The van der Waals surface area contributed by atoms with Crippen LogP contribution < -0.4 is 5.32 Å². The van der Waals surface area contributed by atoms with E-state index in [2.05, 4.69) is 15.3 Å². The number of carboxylic acids is 1. The second-order valence-electron chi connectivity index (χ2n) is 4.76. The minimum absolute atomic E-state index is 0.0922. The Hall–Kier alpha value is -3.42. The number of hydrogen-bond donors (Lipinski definition) is 2. The molecule has 4 aromatic rings. The van der Waals surface area contributed by atoms with Crippen molar-refractivity contribution in [1.82, 2.24) is 9.97 Å². The van der Waals surface area contributed by atoms with E-state index in [4.69, 9.17) is 13.9 Å². The second-order valence-corrected chi connectivity index (χ2v) is 4.76. The summed E-state index contributed by atoms with van der Waals surface area (Å²) < 4.78 is 24.0. The third-order valence-electron chi connectivity index (χ3n) is 3.20. The molecule has 7 nitrogen and oxygen atoms in total. The predicted molar refractivity (Wildman–Crippen MR) is 78.2 cm³/mol. The molecular weight excluding hydrogens is 305 g/mol. The first-order chi connectivity index (χ1) is 11.1. The van der Waals surface area contributed by atoms with Gasteiger partial charge in [0.15, 0.2) is 11.2 Å². The van der Waals surface area contributed by atoms with Crippen molar-refractivity contribution >= 4 is 40.2 Å². The van der Waals surface area contributed by atoms with E-state index < -0.39 is 11.8 Å². The SMILES string of the molecule is O=C(O)c1ccc2oc(Nc3nc4cc(F)ccc4o3)nc2c1. The molecular formula is C15H8FN3O4. The predicted octanol–water partition coefficient (Wildman–Crippen LogP) is 3.55. The highest BCUT2D eigenvalue weighted by atomic mass is 19.1. The van der Waals surface area contributed by atoms with Crippen molar-refractivity contribution in [2.45, 2.75) is 0 Å². The van der Waals surface area contributed by atoms with E-state index in [-0.39, 0.29) is 17.6 Å². The minimum atomic E-state index is -1.05. The average Bonchev–Trinajstić information content (AvgIpc) is 3.08. The number of rotatable bonds is 3. The Balaban J connectivity index is 1.69. The van der Waals surface area contributed by atoms with Gasteiger partial charge in [-0.05, 0) is 30.3 Å². The standard InChI is InChI=1S/C15H8FN3O4/c16-8-2-4-12-10(6-8)18-15(23-12)19-14-17-9-5-7(13(20)21)1-3-11(9)22-14/h1-6H,(H,20,21)(H,17,18,19). The second kappa shape index (κ2) is 4.80. The monoisotopic (exact) mass is 313 g/mol. The smallest absolute Gasteiger partial charge is 0.335 e. The molecule has 0 atom stereocenters. The molecule has 0 saturated heterocycles. The zero-order valence-corrected chi connectivity index (χ0v) is 11.4. The molecule has 0 aliphatic heterocycles. The van der Waals surface area contributed by atoms with E-state index in [1.165, 1.54) is 36.4 Å². The van der Waals surface area contributed by atoms with Gasteiger partial charge < -0.3 is 13.9 Å². The Morgan fingerprint density at radius 2 is 1.61 bits per heavy atom. The normalized spacial score (nSPS) is 11.2. The van der Waals surface area contributed by atoms with Crippen molar-refractivity contribution in [2.75, 3.05) is 5.32 Å². The largest absolute Gasteiger partial charge is 0.478 e. The van der Waals surface area contributed by atoms with Crippen LogP contribution in [0.1, 0.15) is 10.4 Å². The molecule has 0 unspecified atom stereocenters. The number of nitrogens with one attached hydrogen (secondary N) is 1. The zero-order chi connectivity index (χ0) is 16.0. The van der Waals surface area contributed by atoms with E-state index in [1.807, 2.05) is 0 Å². The lowest BCUT2D eigenvalue weighted by Gasteiger charge is -1.92. The number of anilines is 2. The van der Waals surface area contributed by atoms with Crippen LogP contribution in [-0.4, -0.2) is 21.0 Å². The average molecular weight is 313 g/mol. The van der Waals surface area contributed by atoms with Crippen LogP contribution in [0, 0.1) is 5.82 Å². The van der Waals surface area contributed by atoms with Crippen LogP contribution >= 0.6 is 0 Å². The van der Waals surface area contributed by atoms with Gasteiger partial charge in [-0.15, -0.1) is 0 Å². The quantitative estimate of drug-likeness (QED) is 0.596. The van der Waals surface area contributed by atoms with Crippen molar-refractivity contribution in [3.8, 4) is 0 Å². The van der Waals surface area contributed by atoms with Crippen molar-refractivity contribution in [2.24, 2.45) is 0 Å². The highest BCUT2D eigenvalue weighted by Gasteiger charge is 2.12. The summed E-state index contributed by atoms with van der Waals surface area (Å²) in [6.45, 7) is 0. The summed E-state index contributed by atoms with van der Waals surface area (Å²) >= 11 is 0. The fourth-order valence-corrected chi connectivity index (χ4v) is 2.16. The number of oxazole rings is 2. The molecule has 114 valence electrons. The lowest BCUT2D eigenvalue weighted by atomic mass is 10.2. The third-order valence-corrected chi connectivity index (χ3v) is 3.20. The van der Waals surface area contributed by atoms with Gasteiger partial charge in [0.2, 0.25) is 0 Å². The van der Waals surface area contributed by atoms with Gasteiger partial charge in [0.05, 0.1) is 5.56 Å². The van der Waals surface area contributed by atoms with Gasteiger partial charge in [-0.2, -0.15) is 9.97 Å². The Kier molecular flexibility index (Phi) is 2.77. The van der Waals surface area contributed by atoms with Crippen LogP contribution in [0.25, 0.3) is 22.2 Å². The number of nitrogens with zero attached hydrogens (tertiary/aromatic N) is 2. The van der Waals surface area contributed by atoms with Crippen molar-refractivity contribution in [3.63, 3.8) is 0 Å². The van der Waals surface area contributed by atoms with E-state index >= 15 is 0 Å². The minimum Gasteiger partial charge on any atom is -0.478 e. The number of fused-ring (bicyclic) bond motifs is 2. The number of carboxylic acid groups (broad SMARTS) is 1. The van der Waals surface area contributed by atoms with Crippen LogP contribution in [0.3, 0.4) is 0 Å². The van der Waals surface area contributed by atoms with Gasteiger partial charge in [0.1, 0.15) is 16.9 Å². The molecule has 8 heteroatoms. The molecule has 0 aliphatic rings. The molecule has 2 heterocycles. The molecule has 0 spiro atoms. The lowest BCUT2D eigenvalue weighted by Crippen LogP contribution is -1.94. The number of hydrogen-bond acceptors (Lipinski definition) is 6. The molecule has 0 aliphatic carbocycles. The molecule has 0 fully saturated rings. The number of benzene rings is 2. The van der Waals surface area contributed by atoms with Crippen LogP contribution in [0.2, 0.25) is 0 Å². The third kappa shape index (κ3) is 2.35. The van der Waals surface area contributed by atoms with E-state index in [1.54, 1.807) is 0 Å². The van der Waals surface area contributed by atoms with Crippen LogP contribution in [-0.2, 0) is 0 Å². The van der Waals surface area contributed by atoms with Crippen LogP contribution in [0.5, 0.6) is 0 Å². The van der Waals surface area contributed by atoms with Gasteiger partial charge in [0, 0.05) is 6.07 Å². The summed E-state index contributed by atoms with van der Waals surface area (Å²) in [5, 5.41) is 11.7. The first-order valence-corrected chi connectivity index (χ1v) is 6.55. The number of halogens is 1. The Morgan fingerprint density at radius 3 is 2.26 bits per heavy atom. The van der Waals surface area contributed by atoms with E-state index in [0.717, 1.165) is 0 Å². The lowest BCUT2D eigenvalue weighted by molar-refractivity contribution is 0.0697. The number of aromatic carboxylic acids is 1. The Morgan fingerprint density at radius 1 is 1.00 bits per heavy atom. The highest BCUT2D eigenvalue weighted by molar-refractivity contribution is 5.92. The zero-order valence-electron chi connectivity index (χ0n) is 11.4. The molecule has 0 radical (unpaired) electrons.